The van der Waals surface area contributed by atoms with Gasteiger partial charge in [0.05, 0.1) is 0 Å². The van der Waals surface area contributed by atoms with E-state index in [9.17, 15) is 4.79 Å². The second-order valence-corrected chi connectivity index (χ2v) is 4.07. The minimum Gasteiger partial charge on any atom is -0.481 e. The Morgan fingerprint density at radius 1 is 1.38 bits per heavy atom. The van der Waals surface area contributed by atoms with E-state index in [-0.39, 0.29) is 6.42 Å². The first-order valence-corrected chi connectivity index (χ1v) is 5.42. The van der Waals surface area contributed by atoms with Crippen molar-refractivity contribution in [1.29, 1.82) is 0 Å². The lowest BCUT2D eigenvalue weighted by Gasteiger charge is -2.01. The second-order valence-electron chi connectivity index (χ2n) is 4.07. The van der Waals surface area contributed by atoms with Gasteiger partial charge in [0.25, 0.3) is 0 Å². The van der Waals surface area contributed by atoms with Crippen molar-refractivity contribution in [1.82, 2.24) is 4.57 Å². The van der Waals surface area contributed by atoms with E-state index in [1.165, 1.54) is 16.5 Å². The third-order valence-corrected chi connectivity index (χ3v) is 2.81. The van der Waals surface area contributed by atoms with Crippen molar-refractivity contribution >= 4 is 16.9 Å². The molecule has 0 radical (unpaired) electrons. The van der Waals surface area contributed by atoms with E-state index in [0.29, 0.717) is 6.42 Å². The Hall–Kier alpha value is -1.77. The van der Waals surface area contributed by atoms with E-state index >= 15 is 0 Å². The highest BCUT2D eigenvalue weighted by Gasteiger charge is 2.01. The molecule has 0 fully saturated rings. The van der Waals surface area contributed by atoms with Crippen LogP contribution < -0.4 is 0 Å². The summed E-state index contributed by atoms with van der Waals surface area (Å²) >= 11 is 0. The number of carbonyl (C=O) groups is 1. The Balaban J connectivity index is 2.11. The number of rotatable bonds is 4. The van der Waals surface area contributed by atoms with E-state index in [2.05, 4.69) is 28.8 Å². The summed E-state index contributed by atoms with van der Waals surface area (Å²) < 4.78 is 2.08. The first kappa shape index (κ1) is 10.7. The molecule has 1 aromatic heterocycles. The SMILES string of the molecule is Cn1ccc2cc(CCCC(=O)O)ccc21. The van der Waals surface area contributed by atoms with Crippen molar-refractivity contribution in [2.24, 2.45) is 7.05 Å². The van der Waals surface area contributed by atoms with Gasteiger partial charge >= 0.3 is 5.97 Å². The van der Waals surface area contributed by atoms with Gasteiger partial charge in [0.2, 0.25) is 0 Å². The van der Waals surface area contributed by atoms with Crippen LogP contribution in [0.2, 0.25) is 0 Å². The van der Waals surface area contributed by atoms with E-state index in [1.807, 2.05) is 13.2 Å². The monoisotopic (exact) mass is 217 g/mol. The van der Waals surface area contributed by atoms with Crippen LogP contribution in [-0.4, -0.2) is 15.6 Å². The molecule has 1 aromatic carbocycles. The van der Waals surface area contributed by atoms with Gasteiger partial charge in [-0.25, -0.2) is 0 Å². The maximum Gasteiger partial charge on any atom is 0.303 e. The standard InChI is InChI=1S/C13H15NO2/c1-14-8-7-11-9-10(5-6-12(11)14)3-2-4-13(15)16/h5-9H,2-4H2,1H3,(H,15,16). The number of carboxylic acid groups (broad SMARTS) is 1. The first-order chi connectivity index (χ1) is 7.66. The molecule has 0 spiro atoms. The predicted octanol–water partition coefficient (Wildman–Crippen LogP) is 2.59. The third kappa shape index (κ3) is 2.24. The topological polar surface area (TPSA) is 42.2 Å². The molecule has 0 saturated heterocycles. The molecule has 0 saturated carbocycles. The fourth-order valence-electron chi connectivity index (χ4n) is 1.93. The molecule has 0 atom stereocenters. The Bertz CT molecular complexity index is 514. The molecule has 0 aliphatic rings. The molecular weight excluding hydrogens is 202 g/mol. The molecule has 3 heteroatoms. The Kier molecular flexibility index (Phi) is 2.95. The van der Waals surface area contributed by atoms with Crippen LogP contribution in [0.1, 0.15) is 18.4 Å². The summed E-state index contributed by atoms with van der Waals surface area (Å²) in [6.07, 6.45) is 3.81. The number of benzene rings is 1. The van der Waals surface area contributed by atoms with E-state index in [1.54, 1.807) is 0 Å². The summed E-state index contributed by atoms with van der Waals surface area (Å²) in [6.45, 7) is 0. The second kappa shape index (κ2) is 4.39. The Morgan fingerprint density at radius 2 is 2.19 bits per heavy atom. The summed E-state index contributed by atoms with van der Waals surface area (Å²) in [7, 11) is 2.02. The van der Waals surface area contributed by atoms with Crippen LogP contribution >= 0.6 is 0 Å². The molecular formula is C13H15NO2. The lowest BCUT2D eigenvalue weighted by molar-refractivity contribution is -0.137. The van der Waals surface area contributed by atoms with Crippen LogP contribution in [0, 0.1) is 0 Å². The number of hydrogen-bond acceptors (Lipinski definition) is 1. The minimum atomic E-state index is -0.721. The van der Waals surface area contributed by atoms with E-state index < -0.39 is 5.97 Å². The van der Waals surface area contributed by atoms with Gasteiger partial charge in [-0.05, 0) is 42.0 Å². The number of carboxylic acids is 1. The van der Waals surface area contributed by atoms with E-state index in [4.69, 9.17) is 5.11 Å². The van der Waals surface area contributed by atoms with Gasteiger partial charge in [0.1, 0.15) is 0 Å². The molecule has 1 N–H and O–H groups in total. The number of aryl methyl sites for hydroxylation is 2. The molecule has 0 bridgehead atoms. The zero-order valence-corrected chi connectivity index (χ0v) is 9.31. The van der Waals surface area contributed by atoms with Crippen LogP contribution in [0.25, 0.3) is 10.9 Å². The molecule has 0 aliphatic carbocycles. The molecule has 0 aliphatic heterocycles. The number of aliphatic carboxylic acids is 1. The third-order valence-electron chi connectivity index (χ3n) is 2.81. The normalized spacial score (nSPS) is 10.8. The van der Waals surface area contributed by atoms with Crippen molar-refractivity contribution in [3.05, 3.63) is 36.0 Å². The highest BCUT2D eigenvalue weighted by Crippen LogP contribution is 2.17. The number of fused-ring (bicyclic) bond motifs is 1. The van der Waals surface area contributed by atoms with Crippen molar-refractivity contribution in [2.75, 3.05) is 0 Å². The largest absolute Gasteiger partial charge is 0.481 e. The van der Waals surface area contributed by atoms with Gasteiger partial charge < -0.3 is 9.67 Å². The van der Waals surface area contributed by atoms with Crippen molar-refractivity contribution in [3.63, 3.8) is 0 Å². The maximum absolute atomic E-state index is 10.4. The molecule has 0 unspecified atom stereocenters. The Morgan fingerprint density at radius 3 is 2.94 bits per heavy atom. The number of aromatic nitrogens is 1. The first-order valence-electron chi connectivity index (χ1n) is 5.42. The molecule has 3 nitrogen and oxygen atoms in total. The van der Waals surface area contributed by atoms with Crippen LogP contribution in [0.5, 0.6) is 0 Å². The summed E-state index contributed by atoms with van der Waals surface area (Å²) in [5.41, 5.74) is 2.42. The summed E-state index contributed by atoms with van der Waals surface area (Å²) in [5.74, 6) is -0.721. The number of nitrogens with zero attached hydrogens (tertiary/aromatic N) is 1. The zero-order chi connectivity index (χ0) is 11.5. The summed E-state index contributed by atoms with van der Waals surface area (Å²) in [4.78, 5) is 10.4. The van der Waals surface area contributed by atoms with Gasteiger partial charge in [-0.1, -0.05) is 6.07 Å². The maximum atomic E-state index is 10.4. The molecule has 84 valence electrons. The highest BCUT2D eigenvalue weighted by molar-refractivity contribution is 5.80. The highest BCUT2D eigenvalue weighted by atomic mass is 16.4. The van der Waals surface area contributed by atoms with Gasteiger partial charge in [0, 0.05) is 25.2 Å². The molecule has 0 amide bonds. The van der Waals surface area contributed by atoms with E-state index in [0.717, 1.165) is 6.42 Å². The molecule has 1 heterocycles. The van der Waals surface area contributed by atoms with Crippen LogP contribution in [0.15, 0.2) is 30.5 Å². The fraction of sp³-hybridized carbons (Fsp3) is 0.308. The summed E-state index contributed by atoms with van der Waals surface area (Å²) in [5, 5.41) is 9.78. The van der Waals surface area contributed by atoms with Crippen LogP contribution in [-0.2, 0) is 18.3 Å². The minimum absolute atomic E-state index is 0.243. The molecule has 2 aromatic rings. The van der Waals surface area contributed by atoms with Crippen molar-refractivity contribution in [3.8, 4) is 0 Å². The fourth-order valence-corrected chi connectivity index (χ4v) is 1.93. The molecule has 2 rings (SSSR count). The van der Waals surface area contributed by atoms with Gasteiger partial charge in [-0.15, -0.1) is 0 Å². The van der Waals surface area contributed by atoms with Gasteiger partial charge in [0.15, 0.2) is 0 Å². The van der Waals surface area contributed by atoms with Crippen molar-refractivity contribution < 1.29 is 9.90 Å². The lowest BCUT2D eigenvalue weighted by Crippen LogP contribution is -1.95. The summed E-state index contributed by atoms with van der Waals surface area (Å²) in [6, 6.07) is 8.38. The quantitative estimate of drug-likeness (QED) is 0.855. The Labute approximate surface area is 94.3 Å². The molecule has 16 heavy (non-hydrogen) atoms. The predicted molar refractivity (Wildman–Crippen MR) is 63.5 cm³/mol. The van der Waals surface area contributed by atoms with Gasteiger partial charge in [-0.2, -0.15) is 0 Å². The van der Waals surface area contributed by atoms with Crippen LogP contribution in [0.3, 0.4) is 0 Å². The van der Waals surface area contributed by atoms with Gasteiger partial charge in [-0.3, -0.25) is 4.79 Å². The average molecular weight is 217 g/mol. The van der Waals surface area contributed by atoms with Crippen LogP contribution in [0.4, 0.5) is 0 Å². The smallest absolute Gasteiger partial charge is 0.303 e. The lowest BCUT2D eigenvalue weighted by atomic mass is 10.1. The number of hydrogen-bond donors (Lipinski definition) is 1. The van der Waals surface area contributed by atoms with Crippen molar-refractivity contribution in [2.45, 2.75) is 19.3 Å². The average Bonchev–Trinajstić information content (AvgIpc) is 2.60. The zero-order valence-electron chi connectivity index (χ0n) is 9.31.